The Morgan fingerprint density at radius 3 is 2.53 bits per heavy atom. The fourth-order valence-corrected chi connectivity index (χ4v) is 2.31. The van der Waals surface area contributed by atoms with Crippen LogP contribution in [0.2, 0.25) is 0 Å². The van der Waals surface area contributed by atoms with Crippen molar-refractivity contribution in [3.63, 3.8) is 0 Å². The molecule has 1 heterocycles. The molecule has 96 valence electrons. The van der Waals surface area contributed by atoms with Gasteiger partial charge in [-0.05, 0) is 11.5 Å². The number of nitrogens with two attached hydrogens (primary N) is 1. The first kappa shape index (κ1) is 11.7. The molecule has 3 rings (SSSR count). The summed E-state index contributed by atoms with van der Waals surface area (Å²) in [6.07, 6.45) is 0. The predicted octanol–water partition coefficient (Wildman–Crippen LogP) is 2.37. The summed E-state index contributed by atoms with van der Waals surface area (Å²) in [4.78, 5) is 4.59. The van der Waals surface area contributed by atoms with Gasteiger partial charge >= 0.3 is 0 Å². The molecule has 3 aromatic rings. The van der Waals surface area contributed by atoms with Gasteiger partial charge in [-0.3, -0.25) is 0 Å². The van der Waals surface area contributed by atoms with Crippen LogP contribution in [0.3, 0.4) is 0 Å². The minimum Gasteiger partial charge on any atom is -0.397 e. The maximum Gasteiger partial charge on any atom is 0.134 e. The Kier molecular flexibility index (Phi) is 2.93. The Labute approximate surface area is 110 Å². The van der Waals surface area contributed by atoms with Gasteiger partial charge in [-0.2, -0.15) is 0 Å². The summed E-state index contributed by atoms with van der Waals surface area (Å²) in [5.41, 5.74) is 7.46. The Hall–Kier alpha value is -2.33. The fraction of sp³-hybridized carbons (Fsp3) is 0.133. The van der Waals surface area contributed by atoms with Crippen molar-refractivity contribution in [2.75, 3.05) is 24.2 Å². The third-order valence-corrected chi connectivity index (χ3v) is 3.17. The Bertz CT molecular complexity index is 740. The van der Waals surface area contributed by atoms with E-state index in [0.29, 0.717) is 12.2 Å². The predicted molar refractivity (Wildman–Crippen MR) is 79.2 cm³/mol. The summed E-state index contributed by atoms with van der Waals surface area (Å²) in [5.74, 6) is 0.759. The molecule has 0 aliphatic rings. The van der Waals surface area contributed by atoms with Gasteiger partial charge < -0.3 is 16.2 Å². The van der Waals surface area contributed by atoms with Crippen LogP contribution in [-0.4, -0.2) is 23.2 Å². The molecule has 4 heteroatoms. The van der Waals surface area contributed by atoms with Gasteiger partial charge in [-0.25, -0.2) is 4.98 Å². The quantitative estimate of drug-likeness (QED) is 0.495. The number of aliphatic hydroxyl groups excluding tert-OH is 1. The molecule has 0 spiro atoms. The summed E-state index contributed by atoms with van der Waals surface area (Å²) < 4.78 is 0. The van der Waals surface area contributed by atoms with Crippen molar-refractivity contribution in [1.82, 2.24) is 4.98 Å². The number of nitrogen functional groups attached to an aromatic ring is 1. The highest BCUT2D eigenvalue weighted by Gasteiger charge is 2.09. The summed E-state index contributed by atoms with van der Waals surface area (Å²) in [5, 5.41) is 15.3. The lowest BCUT2D eigenvalue weighted by atomic mass is 10.1. The highest BCUT2D eigenvalue weighted by Crippen LogP contribution is 2.31. The first-order valence-corrected chi connectivity index (χ1v) is 6.23. The van der Waals surface area contributed by atoms with E-state index in [0.717, 1.165) is 27.5 Å². The van der Waals surface area contributed by atoms with Gasteiger partial charge in [0.2, 0.25) is 0 Å². The zero-order chi connectivity index (χ0) is 13.2. The van der Waals surface area contributed by atoms with Crippen LogP contribution in [0.1, 0.15) is 0 Å². The average Bonchev–Trinajstić information content (AvgIpc) is 2.45. The van der Waals surface area contributed by atoms with Crippen molar-refractivity contribution in [2.45, 2.75) is 0 Å². The Morgan fingerprint density at radius 1 is 1.00 bits per heavy atom. The number of aromatic nitrogens is 1. The largest absolute Gasteiger partial charge is 0.397 e. The lowest BCUT2D eigenvalue weighted by Gasteiger charge is -2.11. The van der Waals surface area contributed by atoms with Crippen molar-refractivity contribution in [3.05, 3.63) is 42.5 Å². The van der Waals surface area contributed by atoms with Crippen LogP contribution in [0.5, 0.6) is 0 Å². The number of para-hydroxylation sites is 1. The number of hydrogen-bond donors (Lipinski definition) is 3. The van der Waals surface area contributed by atoms with E-state index in [1.165, 1.54) is 0 Å². The molecule has 0 bridgehead atoms. The maximum atomic E-state index is 8.95. The topological polar surface area (TPSA) is 71.2 Å². The fourth-order valence-electron chi connectivity index (χ4n) is 2.31. The highest BCUT2D eigenvalue weighted by molar-refractivity contribution is 6.12. The summed E-state index contributed by atoms with van der Waals surface area (Å²) in [7, 11) is 0. The van der Waals surface area contributed by atoms with Gasteiger partial charge in [-0.1, -0.05) is 36.4 Å². The second-order valence-corrected chi connectivity index (χ2v) is 4.40. The molecule has 4 nitrogen and oxygen atoms in total. The van der Waals surface area contributed by atoms with E-state index in [4.69, 9.17) is 10.8 Å². The summed E-state index contributed by atoms with van der Waals surface area (Å²) in [6.45, 7) is 0.535. The number of aliphatic hydroxyl groups is 1. The molecular weight excluding hydrogens is 238 g/mol. The molecule has 0 atom stereocenters. The van der Waals surface area contributed by atoms with Gasteiger partial charge in [-0.15, -0.1) is 0 Å². The van der Waals surface area contributed by atoms with Gasteiger partial charge in [0.25, 0.3) is 0 Å². The van der Waals surface area contributed by atoms with Crippen molar-refractivity contribution >= 4 is 33.2 Å². The number of fused-ring (bicyclic) bond motifs is 3. The van der Waals surface area contributed by atoms with Gasteiger partial charge in [0, 0.05) is 17.3 Å². The lowest BCUT2D eigenvalue weighted by molar-refractivity contribution is 0.311. The van der Waals surface area contributed by atoms with E-state index >= 15 is 0 Å². The molecule has 0 saturated carbocycles. The molecule has 0 radical (unpaired) electrons. The van der Waals surface area contributed by atoms with Crippen molar-refractivity contribution < 1.29 is 5.11 Å². The van der Waals surface area contributed by atoms with E-state index in [2.05, 4.69) is 16.4 Å². The molecule has 0 amide bonds. The molecule has 1 aromatic heterocycles. The second kappa shape index (κ2) is 4.74. The first-order valence-electron chi connectivity index (χ1n) is 6.23. The number of pyridine rings is 1. The van der Waals surface area contributed by atoms with Crippen molar-refractivity contribution in [3.8, 4) is 0 Å². The number of rotatable bonds is 3. The normalized spacial score (nSPS) is 11.0. The van der Waals surface area contributed by atoms with Crippen LogP contribution in [0.15, 0.2) is 42.5 Å². The molecule has 0 saturated heterocycles. The van der Waals surface area contributed by atoms with Gasteiger partial charge in [0.05, 0.1) is 17.8 Å². The zero-order valence-corrected chi connectivity index (χ0v) is 10.4. The third kappa shape index (κ3) is 1.96. The number of hydrogen-bond acceptors (Lipinski definition) is 4. The smallest absolute Gasteiger partial charge is 0.134 e. The minimum atomic E-state index is 0.0678. The number of nitrogens with zero attached hydrogens (tertiary/aromatic N) is 1. The molecular formula is C15H15N3O. The second-order valence-electron chi connectivity index (χ2n) is 4.40. The lowest BCUT2D eigenvalue weighted by Crippen LogP contribution is -2.08. The number of benzene rings is 2. The first-order chi connectivity index (χ1) is 9.31. The molecule has 4 N–H and O–H groups in total. The molecule has 0 fully saturated rings. The van der Waals surface area contributed by atoms with Crippen LogP contribution in [-0.2, 0) is 0 Å². The summed E-state index contributed by atoms with van der Waals surface area (Å²) >= 11 is 0. The van der Waals surface area contributed by atoms with E-state index in [9.17, 15) is 0 Å². The monoisotopic (exact) mass is 253 g/mol. The number of nitrogens with one attached hydrogen (secondary N) is 1. The minimum absolute atomic E-state index is 0.0678. The van der Waals surface area contributed by atoms with Crippen LogP contribution in [0.4, 0.5) is 11.5 Å². The standard InChI is InChI=1S/C15H15N3O/c16-13-7-3-6-11-10-4-1-2-5-12(10)15(17-8-9-19)18-14(11)13/h1-7,19H,8-9,16H2,(H,17,18). The van der Waals surface area contributed by atoms with Crippen molar-refractivity contribution in [2.24, 2.45) is 0 Å². The Morgan fingerprint density at radius 2 is 1.74 bits per heavy atom. The molecule has 0 aliphatic heterocycles. The van der Waals surface area contributed by atoms with Crippen LogP contribution in [0, 0.1) is 0 Å². The van der Waals surface area contributed by atoms with E-state index in [1.807, 2.05) is 36.4 Å². The van der Waals surface area contributed by atoms with Crippen LogP contribution >= 0.6 is 0 Å². The van der Waals surface area contributed by atoms with E-state index in [-0.39, 0.29) is 6.61 Å². The molecule has 0 unspecified atom stereocenters. The molecule has 19 heavy (non-hydrogen) atoms. The van der Waals surface area contributed by atoms with Crippen LogP contribution in [0.25, 0.3) is 21.7 Å². The summed E-state index contributed by atoms with van der Waals surface area (Å²) in [6, 6.07) is 13.9. The third-order valence-electron chi connectivity index (χ3n) is 3.17. The number of anilines is 2. The SMILES string of the molecule is Nc1cccc2c1nc(NCCO)c1ccccc12. The van der Waals surface area contributed by atoms with Crippen LogP contribution < -0.4 is 11.1 Å². The molecule has 2 aromatic carbocycles. The van der Waals surface area contributed by atoms with E-state index < -0.39 is 0 Å². The maximum absolute atomic E-state index is 8.95. The molecule has 0 aliphatic carbocycles. The zero-order valence-electron chi connectivity index (χ0n) is 10.4. The van der Waals surface area contributed by atoms with Gasteiger partial charge in [0.15, 0.2) is 0 Å². The van der Waals surface area contributed by atoms with Crippen molar-refractivity contribution in [1.29, 1.82) is 0 Å². The van der Waals surface area contributed by atoms with E-state index in [1.54, 1.807) is 0 Å². The Balaban J connectivity index is 2.36. The highest BCUT2D eigenvalue weighted by atomic mass is 16.3. The van der Waals surface area contributed by atoms with Gasteiger partial charge in [0.1, 0.15) is 5.82 Å². The average molecular weight is 253 g/mol.